The van der Waals surface area contributed by atoms with Crippen molar-refractivity contribution in [3.63, 3.8) is 0 Å². The molecule has 0 aliphatic carbocycles. The molecule has 4 heteroatoms. The Hall–Kier alpha value is -2.36. The van der Waals surface area contributed by atoms with Crippen LogP contribution in [0, 0.1) is 0 Å². The third-order valence-corrected chi connectivity index (χ3v) is 2.45. The molecule has 0 radical (unpaired) electrons. The summed E-state index contributed by atoms with van der Waals surface area (Å²) in [6.45, 7) is 0. The Kier molecular flexibility index (Phi) is 3.05. The lowest BCUT2D eigenvalue weighted by atomic mass is 10.0. The summed E-state index contributed by atoms with van der Waals surface area (Å²) in [4.78, 5) is 15.5. The predicted molar refractivity (Wildman–Crippen MR) is 65.4 cm³/mol. The summed E-state index contributed by atoms with van der Waals surface area (Å²) in [5.41, 5.74) is 8.31. The second kappa shape index (κ2) is 4.65. The van der Waals surface area contributed by atoms with Crippen molar-refractivity contribution in [2.75, 3.05) is 12.8 Å². The molecule has 0 aliphatic rings. The molecule has 2 N–H and O–H groups in total. The van der Waals surface area contributed by atoms with Gasteiger partial charge in [-0.3, -0.25) is 4.98 Å². The van der Waals surface area contributed by atoms with Crippen LogP contribution in [0.5, 0.6) is 0 Å². The fourth-order valence-electron chi connectivity index (χ4n) is 1.56. The van der Waals surface area contributed by atoms with E-state index in [1.54, 1.807) is 24.5 Å². The lowest BCUT2D eigenvalue weighted by Crippen LogP contribution is -2.05. The minimum atomic E-state index is -0.437. The molecule has 0 atom stereocenters. The van der Waals surface area contributed by atoms with Gasteiger partial charge in [-0.2, -0.15) is 0 Å². The summed E-state index contributed by atoms with van der Waals surface area (Å²) < 4.78 is 4.67. The van der Waals surface area contributed by atoms with Gasteiger partial charge in [-0.05, 0) is 23.8 Å². The molecule has 17 heavy (non-hydrogen) atoms. The molecule has 86 valence electrons. The maximum atomic E-state index is 11.5. The number of anilines is 1. The van der Waals surface area contributed by atoms with Gasteiger partial charge in [-0.15, -0.1) is 0 Å². The van der Waals surface area contributed by atoms with E-state index in [0.717, 1.165) is 11.1 Å². The van der Waals surface area contributed by atoms with Crippen LogP contribution in [-0.2, 0) is 4.74 Å². The highest BCUT2D eigenvalue weighted by Crippen LogP contribution is 2.23. The predicted octanol–water partition coefficient (Wildman–Crippen LogP) is 2.12. The summed E-state index contributed by atoms with van der Waals surface area (Å²) in [7, 11) is 1.33. The van der Waals surface area contributed by atoms with Crippen LogP contribution < -0.4 is 5.73 Å². The third kappa shape index (κ3) is 2.25. The van der Waals surface area contributed by atoms with Crippen LogP contribution >= 0.6 is 0 Å². The van der Waals surface area contributed by atoms with Gasteiger partial charge in [-0.1, -0.05) is 12.1 Å². The van der Waals surface area contributed by atoms with E-state index in [1.165, 1.54) is 7.11 Å². The van der Waals surface area contributed by atoms with E-state index in [2.05, 4.69) is 9.72 Å². The number of esters is 1. The van der Waals surface area contributed by atoms with Crippen molar-refractivity contribution in [1.82, 2.24) is 4.98 Å². The van der Waals surface area contributed by atoms with Gasteiger partial charge in [-0.25, -0.2) is 4.79 Å². The van der Waals surface area contributed by atoms with Crippen LogP contribution in [0.2, 0.25) is 0 Å². The molecule has 0 saturated heterocycles. The minimum absolute atomic E-state index is 0.369. The van der Waals surface area contributed by atoms with Crippen LogP contribution in [0.1, 0.15) is 10.4 Å². The van der Waals surface area contributed by atoms with Gasteiger partial charge >= 0.3 is 5.97 Å². The Morgan fingerprint density at radius 1 is 1.29 bits per heavy atom. The van der Waals surface area contributed by atoms with Gasteiger partial charge in [0.15, 0.2) is 0 Å². The highest BCUT2D eigenvalue weighted by Gasteiger charge is 2.11. The Bertz CT molecular complexity index is 538. The lowest BCUT2D eigenvalue weighted by Gasteiger charge is -2.06. The largest absolute Gasteiger partial charge is 0.465 e. The first kappa shape index (κ1) is 11.1. The summed E-state index contributed by atoms with van der Waals surface area (Å²) in [5.74, 6) is -0.437. The second-order valence-electron chi connectivity index (χ2n) is 3.54. The Labute approximate surface area is 99.1 Å². The average Bonchev–Trinajstić information content (AvgIpc) is 2.39. The van der Waals surface area contributed by atoms with Gasteiger partial charge in [0, 0.05) is 23.6 Å². The third-order valence-electron chi connectivity index (χ3n) is 2.45. The fourth-order valence-corrected chi connectivity index (χ4v) is 1.56. The molecular weight excluding hydrogens is 216 g/mol. The number of pyridine rings is 1. The van der Waals surface area contributed by atoms with E-state index in [9.17, 15) is 4.79 Å². The number of benzene rings is 1. The number of hydrogen-bond donors (Lipinski definition) is 1. The quantitative estimate of drug-likeness (QED) is 0.631. The fraction of sp³-hybridized carbons (Fsp3) is 0.0769. The number of carbonyl (C=O) groups excluding carboxylic acids is 1. The van der Waals surface area contributed by atoms with E-state index in [-0.39, 0.29) is 0 Å². The molecule has 4 nitrogen and oxygen atoms in total. The van der Waals surface area contributed by atoms with E-state index in [1.807, 2.05) is 18.2 Å². The summed E-state index contributed by atoms with van der Waals surface area (Å²) in [6.07, 6.45) is 3.43. The van der Waals surface area contributed by atoms with Crippen LogP contribution in [0.25, 0.3) is 11.1 Å². The number of aromatic nitrogens is 1. The number of ether oxygens (including phenoxy) is 1. The van der Waals surface area contributed by atoms with Gasteiger partial charge in [0.25, 0.3) is 0 Å². The maximum Gasteiger partial charge on any atom is 0.339 e. The Morgan fingerprint density at radius 3 is 2.76 bits per heavy atom. The minimum Gasteiger partial charge on any atom is -0.465 e. The Morgan fingerprint density at radius 2 is 2.12 bits per heavy atom. The zero-order chi connectivity index (χ0) is 12.3. The molecule has 2 aromatic rings. The molecule has 0 amide bonds. The second-order valence-corrected chi connectivity index (χ2v) is 3.54. The van der Waals surface area contributed by atoms with Gasteiger partial charge in [0.05, 0.1) is 12.7 Å². The number of hydrogen-bond acceptors (Lipinski definition) is 4. The van der Waals surface area contributed by atoms with Crippen molar-refractivity contribution in [3.8, 4) is 11.1 Å². The highest BCUT2D eigenvalue weighted by atomic mass is 16.5. The van der Waals surface area contributed by atoms with E-state index >= 15 is 0 Å². The average molecular weight is 228 g/mol. The van der Waals surface area contributed by atoms with Crippen molar-refractivity contribution in [2.45, 2.75) is 0 Å². The zero-order valence-electron chi connectivity index (χ0n) is 9.38. The van der Waals surface area contributed by atoms with Crippen LogP contribution in [-0.4, -0.2) is 18.1 Å². The summed E-state index contributed by atoms with van der Waals surface area (Å²) in [6, 6.07) is 8.99. The molecule has 0 spiro atoms. The first-order valence-electron chi connectivity index (χ1n) is 5.10. The molecule has 0 bridgehead atoms. The molecule has 0 saturated carbocycles. The van der Waals surface area contributed by atoms with Gasteiger partial charge in [0.2, 0.25) is 0 Å². The monoisotopic (exact) mass is 228 g/mol. The number of nitrogens with two attached hydrogens (primary N) is 1. The van der Waals surface area contributed by atoms with E-state index in [0.29, 0.717) is 11.3 Å². The molecule has 0 fully saturated rings. The first-order chi connectivity index (χ1) is 8.22. The smallest absolute Gasteiger partial charge is 0.339 e. The number of carbonyl (C=O) groups is 1. The summed E-state index contributed by atoms with van der Waals surface area (Å²) in [5, 5.41) is 0. The van der Waals surface area contributed by atoms with Crippen LogP contribution in [0.4, 0.5) is 5.69 Å². The standard InChI is InChI=1S/C13H12N2O2/c1-17-13(16)11-7-9(4-5-12(11)14)10-3-2-6-15-8-10/h2-8H,14H2,1H3. The molecule has 1 heterocycles. The lowest BCUT2D eigenvalue weighted by molar-refractivity contribution is 0.0602. The Balaban J connectivity index is 2.48. The number of rotatable bonds is 2. The van der Waals surface area contributed by atoms with E-state index in [4.69, 9.17) is 5.73 Å². The summed E-state index contributed by atoms with van der Waals surface area (Å²) >= 11 is 0. The number of nitrogen functional groups attached to an aromatic ring is 1. The highest BCUT2D eigenvalue weighted by molar-refractivity contribution is 5.96. The molecule has 0 aliphatic heterocycles. The number of nitrogens with zero attached hydrogens (tertiary/aromatic N) is 1. The van der Waals surface area contributed by atoms with Gasteiger partial charge in [0.1, 0.15) is 0 Å². The topological polar surface area (TPSA) is 65.2 Å². The first-order valence-corrected chi connectivity index (χ1v) is 5.10. The zero-order valence-corrected chi connectivity index (χ0v) is 9.38. The van der Waals surface area contributed by atoms with Crippen molar-refractivity contribution >= 4 is 11.7 Å². The van der Waals surface area contributed by atoms with Crippen molar-refractivity contribution in [3.05, 3.63) is 48.3 Å². The van der Waals surface area contributed by atoms with Gasteiger partial charge < -0.3 is 10.5 Å². The maximum absolute atomic E-state index is 11.5. The normalized spacial score (nSPS) is 9.94. The van der Waals surface area contributed by atoms with Crippen molar-refractivity contribution < 1.29 is 9.53 Å². The van der Waals surface area contributed by atoms with Crippen LogP contribution in [0.3, 0.4) is 0 Å². The molecule has 1 aromatic carbocycles. The van der Waals surface area contributed by atoms with Crippen molar-refractivity contribution in [1.29, 1.82) is 0 Å². The SMILES string of the molecule is COC(=O)c1cc(-c2cccnc2)ccc1N. The molecule has 1 aromatic heterocycles. The number of methoxy groups -OCH3 is 1. The van der Waals surface area contributed by atoms with Crippen molar-refractivity contribution in [2.24, 2.45) is 0 Å². The van der Waals surface area contributed by atoms with E-state index < -0.39 is 5.97 Å². The molecular formula is C13H12N2O2. The molecule has 0 unspecified atom stereocenters. The molecule has 2 rings (SSSR count). The van der Waals surface area contributed by atoms with Crippen LogP contribution in [0.15, 0.2) is 42.7 Å².